The number of nitrogens with one attached hydrogen (secondary N) is 1. The molecule has 0 aromatic heterocycles. The van der Waals surface area contributed by atoms with Gasteiger partial charge < -0.3 is 15.0 Å². The fourth-order valence-corrected chi connectivity index (χ4v) is 3.98. The maximum Gasteiger partial charge on any atom is 0.231 e. The number of anilines is 2. The molecule has 1 unspecified atom stereocenters. The molecule has 1 saturated heterocycles. The van der Waals surface area contributed by atoms with Crippen LogP contribution in [0.4, 0.5) is 11.4 Å². The zero-order valence-electron chi connectivity index (χ0n) is 17.6. The number of fused-ring (bicyclic) bond motifs is 1. The lowest BCUT2D eigenvalue weighted by atomic mass is 9.97. The third-order valence-corrected chi connectivity index (χ3v) is 5.79. The van der Waals surface area contributed by atoms with E-state index in [1.807, 2.05) is 73.3 Å². The van der Waals surface area contributed by atoms with Crippen LogP contribution < -0.4 is 15.0 Å². The first-order chi connectivity index (χ1) is 14.5. The third kappa shape index (κ3) is 3.88. The molecule has 3 aromatic rings. The summed E-state index contributed by atoms with van der Waals surface area (Å²) >= 11 is 0. The Morgan fingerprint density at radius 3 is 2.53 bits per heavy atom. The second kappa shape index (κ2) is 8.19. The summed E-state index contributed by atoms with van der Waals surface area (Å²) in [5.74, 6) is 0.622. The molecule has 5 heteroatoms. The fraction of sp³-hybridized carbons (Fsp3) is 0.280. The maximum atomic E-state index is 12.9. The van der Waals surface area contributed by atoms with Crippen LogP contribution in [0.1, 0.15) is 36.8 Å². The molecule has 1 fully saturated rings. The molecule has 0 aliphatic carbocycles. The van der Waals surface area contributed by atoms with Crippen LogP contribution in [0.2, 0.25) is 0 Å². The molecule has 1 aliphatic rings. The molecule has 0 radical (unpaired) electrons. The fourth-order valence-electron chi connectivity index (χ4n) is 3.98. The van der Waals surface area contributed by atoms with Gasteiger partial charge >= 0.3 is 0 Å². The Kier molecular flexibility index (Phi) is 5.44. The topological polar surface area (TPSA) is 58.6 Å². The van der Waals surface area contributed by atoms with Gasteiger partial charge in [-0.25, -0.2) is 0 Å². The number of benzene rings is 3. The molecule has 30 heavy (non-hydrogen) atoms. The van der Waals surface area contributed by atoms with Gasteiger partial charge in [0.1, 0.15) is 5.75 Å². The highest BCUT2D eigenvalue weighted by Crippen LogP contribution is 2.29. The first kappa shape index (κ1) is 20.0. The van der Waals surface area contributed by atoms with Crippen molar-refractivity contribution in [3.63, 3.8) is 0 Å². The van der Waals surface area contributed by atoms with Gasteiger partial charge in [-0.3, -0.25) is 9.59 Å². The number of amides is 2. The molecule has 1 atom stereocenters. The number of aryl methyl sites for hydroxylation is 1. The summed E-state index contributed by atoms with van der Waals surface area (Å²) in [5.41, 5.74) is 3.61. The first-order valence-electron chi connectivity index (χ1n) is 10.3. The SMILES string of the molecule is COc1ccc2cc(C(C)C(=O)Nc3ccc(N4CCCC4=O)c(C)c3)ccc2c1. The zero-order chi connectivity index (χ0) is 21.3. The third-order valence-electron chi connectivity index (χ3n) is 5.79. The van der Waals surface area contributed by atoms with E-state index in [1.165, 1.54) is 0 Å². The summed E-state index contributed by atoms with van der Waals surface area (Å²) in [6.07, 6.45) is 1.50. The van der Waals surface area contributed by atoms with Crippen molar-refractivity contribution in [2.75, 3.05) is 23.9 Å². The largest absolute Gasteiger partial charge is 0.497 e. The summed E-state index contributed by atoms with van der Waals surface area (Å²) in [5, 5.41) is 5.16. The van der Waals surface area contributed by atoms with Gasteiger partial charge in [0.05, 0.1) is 13.0 Å². The van der Waals surface area contributed by atoms with Crippen LogP contribution in [0.3, 0.4) is 0 Å². The van der Waals surface area contributed by atoms with Crippen LogP contribution in [-0.4, -0.2) is 25.5 Å². The van der Waals surface area contributed by atoms with E-state index in [1.54, 1.807) is 7.11 Å². The van der Waals surface area contributed by atoms with Crippen LogP contribution >= 0.6 is 0 Å². The Morgan fingerprint density at radius 1 is 1.07 bits per heavy atom. The summed E-state index contributed by atoms with van der Waals surface area (Å²) in [6, 6.07) is 17.7. The molecule has 0 bridgehead atoms. The van der Waals surface area contributed by atoms with Gasteiger partial charge in [-0.15, -0.1) is 0 Å². The van der Waals surface area contributed by atoms with Crippen LogP contribution in [0.5, 0.6) is 5.75 Å². The molecule has 1 aliphatic heterocycles. The number of nitrogens with zero attached hydrogens (tertiary/aromatic N) is 1. The summed E-state index contributed by atoms with van der Waals surface area (Å²) in [4.78, 5) is 26.7. The average molecular weight is 402 g/mol. The lowest BCUT2D eigenvalue weighted by molar-refractivity contribution is -0.118. The van der Waals surface area contributed by atoms with Gasteiger partial charge in [0, 0.05) is 24.3 Å². The Bertz CT molecular complexity index is 1120. The van der Waals surface area contributed by atoms with Crippen molar-refractivity contribution in [2.24, 2.45) is 0 Å². The van der Waals surface area contributed by atoms with E-state index in [4.69, 9.17) is 4.74 Å². The highest BCUT2D eigenvalue weighted by Gasteiger charge is 2.23. The molecule has 3 aromatic carbocycles. The number of carbonyl (C=O) groups excluding carboxylic acids is 2. The maximum absolute atomic E-state index is 12.9. The summed E-state index contributed by atoms with van der Waals surface area (Å²) in [6.45, 7) is 4.64. The van der Waals surface area contributed by atoms with Crippen molar-refractivity contribution in [3.05, 3.63) is 65.7 Å². The van der Waals surface area contributed by atoms with E-state index in [9.17, 15) is 9.59 Å². The number of hydrogen-bond donors (Lipinski definition) is 1. The molecule has 1 heterocycles. The Hall–Kier alpha value is -3.34. The Labute approximate surface area is 176 Å². The van der Waals surface area contributed by atoms with E-state index in [0.29, 0.717) is 6.42 Å². The van der Waals surface area contributed by atoms with E-state index >= 15 is 0 Å². The van der Waals surface area contributed by atoms with Gasteiger partial charge in [0.15, 0.2) is 0 Å². The number of methoxy groups -OCH3 is 1. The molecule has 2 amide bonds. The molecule has 154 valence electrons. The minimum absolute atomic E-state index is 0.0627. The second-order valence-corrected chi connectivity index (χ2v) is 7.83. The Balaban J connectivity index is 1.50. The predicted octanol–water partition coefficient (Wildman–Crippen LogP) is 5.03. The lowest BCUT2D eigenvalue weighted by Crippen LogP contribution is -2.24. The van der Waals surface area contributed by atoms with Crippen molar-refractivity contribution in [2.45, 2.75) is 32.6 Å². The van der Waals surface area contributed by atoms with E-state index in [2.05, 4.69) is 5.32 Å². The van der Waals surface area contributed by atoms with Crippen molar-refractivity contribution in [3.8, 4) is 5.75 Å². The molecule has 4 rings (SSSR count). The van der Waals surface area contributed by atoms with Crippen LogP contribution in [-0.2, 0) is 9.59 Å². The molecule has 0 spiro atoms. The average Bonchev–Trinajstić information content (AvgIpc) is 3.18. The van der Waals surface area contributed by atoms with Crippen LogP contribution in [0.25, 0.3) is 10.8 Å². The van der Waals surface area contributed by atoms with Gasteiger partial charge in [-0.05, 0) is 72.5 Å². The number of hydrogen-bond acceptors (Lipinski definition) is 3. The van der Waals surface area contributed by atoms with Gasteiger partial charge in [0.2, 0.25) is 11.8 Å². The van der Waals surface area contributed by atoms with Crippen molar-refractivity contribution in [1.29, 1.82) is 0 Å². The summed E-state index contributed by atoms with van der Waals surface area (Å²) < 4.78 is 5.28. The number of carbonyl (C=O) groups is 2. The van der Waals surface area contributed by atoms with Gasteiger partial charge in [-0.2, -0.15) is 0 Å². The minimum atomic E-state index is -0.295. The Morgan fingerprint density at radius 2 is 1.83 bits per heavy atom. The second-order valence-electron chi connectivity index (χ2n) is 7.83. The number of rotatable bonds is 5. The molecule has 5 nitrogen and oxygen atoms in total. The van der Waals surface area contributed by atoms with Crippen LogP contribution in [0, 0.1) is 6.92 Å². The smallest absolute Gasteiger partial charge is 0.231 e. The first-order valence-corrected chi connectivity index (χ1v) is 10.3. The van der Waals surface area contributed by atoms with Crippen LogP contribution in [0.15, 0.2) is 54.6 Å². The molecule has 1 N–H and O–H groups in total. The van der Waals surface area contributed by atoms with E-state index in [-0.39, 0.29) is 17.7 Å². The van der Waals surface area contributed by atoms with Gasteiger partial charge in [-0.1, -0.05) is 24.3 Å². The highest BCUT2D eigenvalue weighted by molar-refractivity contribution is 5.98. The number of ether oxygens (including phenoxy) is 1. The lowest BCUT2D eigenvalue weighted by Gasteiger charge is -2.20. The molecular formula is C25H26N2O3. The normalized spacial score (nSPS) is 14.8. The molecular weight excluding hydrogens is 376 g/mol. The highest BCUT2D eigenvalue weighted by atomic mass is 16.5. The standard InChI is InChI=1S/C25H26N2O3/c1-16-13-21(9-11-23(16)27-12-4-5-24(27)28)26-25(29)17(2)18-6-7-20-15-22(30-3)10-8-19(20)14-18/h6-11,13-15,17H,4-5,12H2,1-3H3,(H,26,29). The van der Waals surface area contributed by atoms with Crippen molar-refractivity contribution < 1.29 is 14.3 Å². The van der Waals surface area contributed by atoms with E-state index in [0.717, 1.165) is 52.0 Å². The summed E-state index contributed by atoms with van der Waals surface area (Å²) in [7, 11) is 1.65. The predicted molar refractivity (Wildman–Crippen MR) is 120 cm³/mol. The minimum Gasteiger partial charge on any atom is -0.497 e. The van der Waals surface area contributed by atoms with Crippen molar-refractivity contribution >= 4 is 34.0 Å². The van der Waals surface area contributed by atoms with E-state index < -0.39 is 0 Å². The quantitative estimate of drug-likeness (QED) is 0.651. The van der Waals surface area contributed by atoms with Crippen molar-refractivity contribution in [1.82, 2.24) is 0 Å². The zero-order valence-corrected chi connectivity index (χ0v) is 17.6. The van der Waals surface area contributed by atoms with Gasteiger partial charge in [0.25, 0.3) is 0 Å². The monoisotopic (exact) mass is 402 g/mol. The molecule has 0 saturated carbocycles.